The van der Waals surface area contributed by atoms with Crippen molar-refractivity contribution in [2.75, 3.05) is 18.5 Å². The van der Waals surface area contributed by atoms with Gasteiger partial charge in [-0.2, -0.15) is 0 Å². The zero-order chi connectivity index (χ0) is 20.3. The molecule has 0 bridgehead atoms. The van der Waals surface area contributed by atoms with E-state index in [0.717, 1.165) is 34.0 Å². The molecular formula is C25H26N2O2. The van der Waals surface area contributed by atoms with E-state index in [1.54, 1.807) is 0 Å². The number of aliphatic imine (C=N–C) groups is 1. The number of nitrogens with zero attached hydrogens (tertiary/aromatic N) is 1. The summed E-state index contributed by atoms with van der Waals surface area (Å²) in [4.78, 5) is 4.63. The lowest BCUT2D eigenvalue weighted by molar-refractivity contribution is 0.340. The van der Waals surface area contributed by atoms with Crippen LogP contribution in [0.5, 0.6) is 11.5 Å². The van der Waals surface area contributed by atoms with E-state index in [1.165, 1.54) is 0 Å². The van der Waals surface area contributed by atoms with Crippen molar-refractivity contribution in [1.82, 2.24) is 0 Å². The van der Waals surface area contributed by atoms with Crippen LogP contribution >= 0.6 is 0 Å². The van der Waals surface area contributed by atoms with Crippen LogP contribution in [0.1, 0.15) is 19.4 Å². The summed E-state index contributed by atoms with van der Waals surface area (Å²) in [6, 6.07) is 25.8. The van der Waals surface area contributed by atoms with Gasteiger partial charge in [0.15, 0.2) is 0 Å². The first-order valence-electron chi connectivity index (χ1n) is 9.80. The van der Waals surface area contributed by atoms with Gasteiger partial charge in [-0.25, -0.2) is 0 Å². The second kappa shape index (κ2) is 10.7. The summed E-state index contributed by atoms with van der Waals surface area (Å²) in [6.07, 6.45) is 3.83. The maximum Gasteiger partial charge on any atom is 0.119 e. The molecule has 4 nitrogen and oxygen atoms in total. The van der Waals surface area contributed by atoms with Gasteiger partial charge >= 0.3 is 0 Å². The van der Waals surface area contributed by atoms with E-state index in [4.69, 9.17) is 9.47 Å². The zero-order valence-corrected chi connectivity index (χ0v) is 16.8. The summed E-state index contributed by atoms with van der Waals surface area (Å²) < 4.78 is 11.0. The number of allylic oxidation sites excluding steroid dienone is 1. The zero-order valence-electron chi connectivity index (χ0n) is 16.8. The Morgan fingerprint density at radius 2 is 1.38 bits per heavy atom. The molecule has 4 heteroatoms. The first-order chi connectivity index (χ1) is 14.3. The summed E-state index contributed by atoms with van der Waals surface area (Å²) in [5.74, 6) is 1.71. The minimum Gasteiger partial charge on any atom is -0.494 e. The lowest BCUT2D eigenvalue weighted by atomic mass is 10.1. The van der Waals surface area contributed by atoms with Gasteiger partial charge in [-0.3, -0.25) is 4.99 Å². The van der Waals surface area contributed by atoms with Gasteiger partial charge in [-0.1, -0.05) is 30.3 Å². The van der Waals surface area contributed by atoms with E-state index >= 15 is 0 Å². The van der Waals surface area contributed by atoms with Crippen LogP contribution in [0.4, 0.5) is 11.4 Å². The van der Waals surface area contributed by atoms with E-state index in [-0.39, 0.29) is 0 Å². The molecule has 0 aliphatic rings. The summed E-state index contributed by atoms with van der Waals surface area (Å²) in [7, 11) is 0. The third-order valence-electron chi connectivity index (χ3n) is 4.17. The summed E-state index contributed by atoms with van der Waals surface area (Å²) in [5.41, 5.74) is 3.92. The maximum atomic E-state index is 5.49. The Labute approximate surface area is 172 Å². The molecule has 0 fully saturated rings. The van der Waals surface area contributed by atoms with Gasteiger partial charge in [0.1, 0.15) is 11.5 Å². The van der Waals surface area contributed by atoms with Crippen LogP contribution in [0, 0.1) is 0 Å². The quantitative estimate of drug-likeness (QED) is 0.436. The molecule has 29 heavy (non-hydrogen) atoms. The monoisotopic (exact) mass is 386 g/mol. The molecule has 0 aliphatic heterocycles. The van der Waals surface area contributed by atoms with Crippen LogP contribution in [0.25, 0.3) is 5.57 Å². The molecule has 0 aliphatic carbocycles. The number of ether oxygens (including phenoxy) is 2. The largest absolute Gasteiger partial charge is 0.494 e. The molecule has 0 heterocycles. The molecule has 0 amide bonds. The third kappa shape index (κ3) is 6.25. The number of hydrogen-bond acceptors (Lipinski definition) is 4. The second-order valence-electron chi connectivity index (χ2n) is 6.25. The van der Waals surface area contributed by atoms with Crippen LogP contribution in [0.2, 0.25) is 0 Å². The fourth-order valence-electron chi connectivity index (χ4n) is 2.74. The Morgan fingerprint density at radius 1 is 0.793 bits per heavy atom. The molecular weight excluding hydrogens is 360 g/mol. The molecule has 0 aromatic heterocycles. The first-order valence-corrected chi connectivity index (χ1v) is 9.80. The molecule has 0 saturated heterocycles. The average Bonchev–Trinajstić information content (AvgIpc) is 2.77. The average molecular weight is 386 g/mol. The molecule has 0 radical (unpaired) electrons. The summed E-state index contributed by atoms with van der Waals surface area (Å²) in [5, 5.41) is 3.35. The van der Waals surface area contributed by atoms with Crippen molar-refractivity contribution in [3.63, 3.8) is 0 Å². The number of hydrogen-bond donors (Lipinski definition) is 1. The van der Waals surface area contributed by atoms with Crippen molar-refractivity contribution >= 4 is 23.2 Å². The second-order valence-corrected chi connectivity index (χ2v) is 6.25. The summed E-state index contributed by atoms with van der Waals surface area (Å²) in [6.45, 7) is 5.26. The third-order valence-corrected chi connectivity index (χ3v) is 4.17. The van der Waals surface area contributed by atoms with Gasteiger partial charge in [0, 0.05) is 23.7 Å². The van der Waals surface area contributed by atoms with Gasteiger partial charge in [0.2, 0.25) is 0 Å². The van der Waals surface area contributed by atoms with Crippen LogP contribution in [0.15, 0.2) is 90.1 Å². The highest BCUT2D eigenvalue weighted by Gasteiger charge is 2.00. The van der Waals surface area contributed by atoms with Crippen LogP contribution in [-0.2, 0) is 0 Å². The van der Waals surface area contributed by atoms with Gasteiger partial charge < -0.3 is 14.8 Å². The predicted molar refractivity (Wildman–Crippen MR) is 121 cm³/mol. The molecule has 1 N–H and O–H groups in total. The van der Waals surface area contributed by atoms with Crippen molar-refractivity contribution in [3.8, 4) is 11.5 Å². The molecule has 0 saturated carbocycles. The fourth-order valence-corrected chi connectivity index (χ4v) is 2.74. The fraction of sp³-hybridized carbons (Fsp3) is 0.160. The Balaban J connectivity index is 1.78. The molecule has 0 unspecified atom stereocenters. The minimum absolute atomic E-state index is 0.653. The number of rotatable bonds is 9. The highest BCUT2D eigenvalue weighted by Crippen LogP contribution is 2.21. The van der Waals surface area contributed by atoms with Crippen molar-refractivity contribution < 1.29 is 9.47 Å². The van der Waals surface area contributed by atoms with Crippen molar-refractivity contribution in [1.29, 1.82) is 0 Å². The smallest absolute Gasteiger partial charge is 0.119 e. The van der Waals surface area contributed by atoms with Crippen LogP contribution in [0.3, 0.4) is 0 Å². The van der Waals surface area contributed by atoms with Gasteiger partial charge in [0.25, 0.3) is 0 Å². The lowest BCUT2D eigenvalue weighted by Crippen LogP contribution is -1.95. The Hall–Kier alpha value is -3.53. The Kier molecular flexibility index (Phi) is 7.47. The van der Waals surface area contributed by atoms with Crippen LogP contribution < -0.4 is 14.8 Å². The van der Waals surface area contributed by atoms with E-state index in [9.17, 15) is 0 Å². The molecule has 3 rings (SSSR count). The van der Waals surface area contributed by atoms with Crippen molar-refractivity contribution in [2.45, 2.75) is 13.8 Å². The van der Waals surface area contributed by atoms with Crippen molar-refractivity contribution in [2.24, 2.45) is 4.99 Å². The highest BCUT2D eigenvalue weighted by atomic mass is 16.5. The SMILES string of the molecule is CCOc1ccc(N=C/C(=C\Nc2ccc(OCC)cc2)c2ccccc2)cc1. The van der Waals surface area contributed by atoms with Crippen molar-refractivity contribution in [3.05, 3.63) is 90.6 Å². The first kappa shape index (κ1) is 20.2. The Morgan fingerprint density at radius 3 is 1.97 bits per heavy atom. The van der Waals surface area contributed by atoms with E-state index in [2.05, 4.69) is 22.4 Å². The van der Waals surface area contributed by atoms with E-state index in [0.29, 0.717) is 13.2 Å². The maximum absolute atomic E-state index is 5.49. The van der Waals surface area contributed by atoms with Gasteiger partial charge in [-0.05, 0) is 67.9 Å². The van der Waals surface area contributed by atoms with Gasteiger partial charge in [0.05, 0.1) is 18.9 Å². The van der Waals surface area contributed by atoms with Gasteiger partial charge in [-0.15, -0.1) is 0 Å². The molecule has 0 atom stereocenters. The minimum atomic E-state index is 0.653. The molecule has 3 aromatic rings. The lowest BCUT2D eigenvalue weighted by Gasteiger charge is -2.07. The van der Waals surface area contributed by atoms with Crippen LogP contribution in [-0.4, -0.2) is 19.4 Å². The van der Waals surface area contributed by atoms with E-state index in [1.807, 2.05) is 93.0 Å². The molecule has 3 aromatic carbocycles. The number of nitrogens with one attached hydrogen (secondary N) is 1. The normalized spacial score (nSPS) is 11.4. The molecule has 0 spiro atoms. The highest BCUT2D eigenvalue weighted by molar-refractivity contribution is 6.11. The Bertz CT molecular complexity index is 931. The summed E-state index contributed by atoms with van der Waals surface area (Å²) >= 11 is 0. The van der Waals surface area contributed by atoms with E-state index < -0.39 is 0 Å². The standard InChI is InChI=1S/C25H26N2O2/c1-3-28-24-14-10-22(11-15-24)26-18-21(20-8-6-5-7-9-20)19-27-23-12-16-25(17-13-23)29-4-2/h5-19,26H,3-4H2,1-2H3/b21-18+,27-19?. The molecule has 148 valence electrons. The number of benzene rings is 3. The topological polar surface area (TPSA) is 42.8 Å². The number of anilines is 1. The predicted octanol–water partition coefficient (Wildman–Crippen LogP) is 6.34.